The maximum absolute atomic E-state index is 12.5. The van der Waals surface area contributed by atoms with E-state index >= 15 is 0 Å². The molecule has 0 atom stereocenters. The second kappa shape index (κ2) is 8.21. The van der Waals surface area contributed by atoms with E-state index in [1.807, 2.05) is 30.5 Å². The van der Waals surface area contributed by atoms with Crippen LogP contribution in [0.3, 0.4) is 0 Å². The van der Waals surface area contributed by atoms with Gasteiger partial charge >= 0.3 is 0 Å². The number of aromatic nitrogens is 1. The Balaban J connectivity index is 1.78. The van der Waals surface area contributed by atoms with E-state index in [0.717, 1.165) is 11.3 Å². The Kier molecular flexibility index (Phi) is 5.75. The number of nitrogens with one attached hydrogen (secondary N) is 1. The van der Waals surface area contributed by atoms with Crippen molar-refractivity contribution in [1.29, 1.82) is 0 Å². The Bertz CT molecular complexity index is 927. The van der Waals surface area contributed by atoms with Gasteiger partial charge in [-0.1, -0.05) is 29.8 Å². The van der Waals surface area contributed by atoms with Crippen molar-refractivity contribution in [3.63, 3.8) is 0 Å². The monoisotopic (exact) mass is 388 g/mol. The highest BCUT2D eigenvalue weighted by atomic mass is 35.5. The second-order valence-corrected chi connectivity index (χ2v) is 6.54. The largest absolute Gasteiger partial charge is 0.493 e. The lowest BCUT2D eigenvalue weighted by molar-refractivity contribution is 0.102. The highest BCUT2D eigenvalue weighted by molar-refractivity contribution is 7.14. The van der Waals surface area contributed by atoms with E-state index in [4.69, 9.17) is 21.1 Å². The highest BCUT2D eigenvalue weighted by Gasteiger charge is 2.14. The first kappa shape index (κ1) is 18.2. The van der Waals surface area contributed by atoms with Crippen molar-refractivity contribution >= 4 is 34.0 Å². The number of rotatable bonds is 6. The van der Waals surface area contributed by atoms with E-state index in [2.05, 4.69) is 10.3 Å². The van der Waals surface area contributed by atoms with Gasteiger partial charge in [0.2, 0.25) is 0 Å². The van der Waals surface area contributed by atoms with Gasteiger partial charge in [0.05, 0.1) is 19.4 Å². The number of nitrogens with zero attached hydrogens (tertiary/aromatic N) is 1. The molecule has 2 aromatic carbocycles. The van der Waals surface area contributed by atoms with Crippen molar-refractivity contribution in [2.24, 2.45) is 0 Å². The maximum Gasteiger partial charge on any atom is 0.257 e. The predicted octanol–water partition coefficient (Wildman–Crippen LogP) is 5.12. The fourth-order valence-corrected chi connectivity index (χ4v) is 3.31. The van der Waals surface area contributed by atoms with Crippen molar-refractivity contribution < 1.29 is 14.3 Å². The Morgan fingerprint density at radius 2 is 2.04 bits per heavy atom. The third-order valence-corrected chi connectivity index (χ3v) is 4.69. The molecule has 3 rings (SSSR count). The van der Waals surface area contributed by atoms with Gasteiger partial charge < -0.3 is 9.47 Å². The molecular weight excluding hydrogens is 372 g/mol. The summed E-state index contributed by atoms with van der Waals surface area (Å²) in [6.07, 6.45) is 0. The maximum atomic E-state index is 12.5. The number of carbonyl (C=O) groups is 1. The average Bonchev–Trinajstić information content (AvgIpc) is 3.10. The van der Waals surface area contributed by atoms with Crippen molar-refractivity contribution in [1.82, 2.24) is 4.98 Å². The Morgan fingerprint density at radius 1 is 1.23 bits per heavy atom. The SMILES string of the molecule is CCOc1ccc(C(=O)Nc2nc(-c3ccccc3Cl)cs2)cc1OC. The van der Waals surface area contributed by atoms with Crippen LogP contribution in [0.2, 0.25) is 5.02 Å². The van der Waals surface area contributed by atoms with Crippen LogP contribution in [0.4, 0.5) is 5.13 Å². The average molecular weight is 389 g/mol. The molecule has 0 radical (unpaired) electrons. The van der Waals surface area contributed by atoms with Crippen LogP contribution in [0, 0.1) is 0 Å². The van der Waals surface area contributed by atoms with E-state index in [-0.39, 0.29) is 5.91 Å². The minimum absolute atomic E-state index is 0.272. The van der Waals surface area contributed by atoms with Gasteiger partial charge in [0.1, 0.15) is 0 Å². The summed E-state index contributed by atoms with van der Waals surface area (Å²) in [5, 5.41) is 5.77. The van der Waals surface area contributed by atoms with Gasteiger partial charge in [-0.15, -0.1) is 11.3 Å². The van der Waals surface area contributed by atoms with Gasteiger partial charge in [0.25, 0.3) is 5.91 Å². The number of benzene rings is 2. The standard InChI is InChI=1S/C19H17ClN2O3S/c1-3-25-16-9-8-12(10-17(16)24-2)18(23)22-19-21-15(11-26-19)13-6-4-5-7-14(13)20/h4-11H,3H2,1-2H3,(H,21,22,23). The molecule has 7 heteroatoms. The van der Waals surface area contributed by atoms with Crippen LogP contribution in [0.1, 0.15) is 17.3 Å². The summed E-state index contributed by atoms with van der Waals surface area (Å²) in [6.45, 7) is 2.41. The van der Waals surface area contributed by atoms with Crippen LogP contribution >= 0.6 is 22.9 Å². The molecule has 0 aliphatic carbocycles. The molecule has 0 saturated heterocycles. The predicted molar refractivity (Wildman–Crippen MR) is 105 cm³/mol. The van der Waals surface area contributed by atoms with Crippen LogP contribution in [0.15, 0.2) is 47.8 Å². The number of hydrogen-bond acceptors (Lipinski definition) is 5. The number of ether oxygens (including phenoxy) is 2. The molecule has 0 aliphatic rings. The molecule has 0 bridgehead atoms. The van der Waals surface area contributed by atoms with Crippen LogP contribution in [-0.4, -0.2) is 24.6 Å². The molecule has 0 fully saturated rings. The minimum atomic E-state index is -0.272. The first-order valence-corrected chi connectivity index (χ1v) is 9.20. The zero-order valence-corrected chi connectivity index (χ0v) is 15.9. The summed E-state index contributed by atoms with van der Waals surface area (Å²) in [4.78, 5) is 16.9. The molecule has 134 valence electrons. The molecule has 0 unspecified atom stereocenters. The van der Waals surface area contributed by atoms with Gasteiger partial charge in [-0.3, -0.25) is 10.1 Å². The van der Waals surface area contributed by atoms with Gasteiger partial charge in [0.15, 0.2) is 16.6 Å². The third-order valence-electron chi connectivity index (χ3n) is 3.60. The fourth-order valence-electron chi connectivity index (χ4n) is 2.38. The number of amides is 1. The van der Waals surface area contributed by atoms with Crippen molar-refractivity contribution in [2.45, 2.75) is 6.92 Å². The van der Waals surface area contributed by atoms with Gasteiger partial charge in [-0.25, -0.2) is 4.98 Å². The first-order chi connectivity index (χ1) is 12.6. The van der Waals surface area contributed by atoms with Crippen molar-refractivity contribution in [2.75, 3.05) is 19.0 Å². The molecule has 1 N–H and O–H groups in total. The summed E-state index contributed by atoms with van der Waals surface area (Å²) < 4.78 is 10.7. The summed E-state index contributed by atoms with van der Waals surface area (Å²) in [7, 11) is 1.54. The van der Waals surface area contributed by atoms with E-state index in [1.54, 1.807) is 24.3 Å². The molecule has 26 heavy (non-hydrogen) atoms. The van der Waals surface area contributed by atoms with Crippen LogP contribution in [-0.2, 0) is 0 Å². The number of anilines is 1. The molecule has 0 spiro atoms. The topological polar surface area (TPSA) is 60.5 Å². The molecule has 5 nitrogen and oxygen atoms in total. The fraction of sp³-hybridized carbons (Fsp3) is 0.158. The van der Waals surface area contributed by atoms with Crippen LogP contribution < -0.4 is 14.8 Å². The third kappa shape index (κ3) is 3.98. The summed E-state index contributed by atoms with van der Waals surface area (Å²) in [5.74, 6) is 0.837. The molecule has 0 aliphatic heterocycles. The number of halogens is 1. The number of methoxy groups -OCH3 is 1. The molecule has 1 amide bonds. The quantitative estimate of drug-likeness (QED) is 0.636. The van der Waals surface area contributed by atoms with E-state index in [1.165, 1.54) is 18.4 Å². The van der Waals surface area contributed by atoms with E-state index < -0.39 is 0 Å². The molecule has 1 heterocycles. The minimum Gasteiger partial charge on any atom is -0.493 e. The lowest BCUT2D eigenvalue weighted by Crippen LogP contribution is -2.12. The normalized spacial score (nSPS) is 10.4. The number of hydrogen-bond donors (Lipinski definition) is 1. The van der Waals surface area contributed by atoms with Crippen LogP contribution in [0.5, 0.6) is 11.5 Å². The highest BCUT2D eigenvalue weighted by Crippen LogP contribution is 2.31. The molecular formula is C19H17ClN2O3S. The van der Waals surface area contributed by atoms with Crippen LogP contribution in [0.25, 0.3) is 11.3 Å². The Hall–Kier alpha value is -2.57. The van der Waals surface area contributed by atoms with Gasteiger partial charge in [-0.05, 0) is 31.2 Å². The smallest absolute Gasteiger partial charge is 0.257 e. The van der Waals surface area contributed by atoms with E-state index in [9.17, 15) is 4.79 Å². The summed E-state index contributed by atoms with van der Waals surface area (Å²) >= 11 is 7.53. The summed E-state index contributed by atoms with van der Waals surface area (Å²) in [5.41, 5.74) is 2.01. The Morgan fingerprint density at radius 3 is 2.77 bits per heavy atom. The molecule has 1 aromatic heterocycles. The summed E-state index contributed by atoms with van der Waals surface area (Å²) in [6, 6.07) is 12.5. The zero-order chi connectivity index (χ0) is 18.5. The second-order valence-electron chi connectivity index (χ2n) is 5.27. The zero-order valence-electron chi connectivity index (χ0n) is 14.3. The van der Waals surface area contributed by atoms with E-state index in [0.29, 0.717) is 33.8 Å². The first-order valence-electron chi connectivity index (χ1n) is 7.95. The number of carbonyl (C=O) groups excluding carboxylic acids is 1. The lowest BCUT2D eigenvalue weighted by atomic mass is 10.2. The molecule has 3 aromatic rings. The number of thiazole rings is 1. The lowest BCUT2D eigenvalue weighted by Gasteiger charge is -2.10. The van der Waals surface area contributed by atoms with Gasteiger partial charge in [0, 0.05) is 21.5 Å². The van der Waals surface area contributed by atoms with Crippen molar-refractivity contribution in [3.05, 3.63) is 58.4 Å². The van der Waals surface area contributed by atoms with Gasteiger partial charge in [-0.2, -0.15) is 0 Å². The molecule has 0 saturated carbocycles. The van der Waals surface area contributed by atoms with Crippen molar-refractivity contribution in [3.8, 4) is 22.8 Å². The Labute approximate surface area is 160 Å².